The molecule has 10 N–H and O–H groups in total. The molecule has 0 saturated heterocycles. The summed E-state index contributed by atoms with van der Waals surface area (Å²) in [7, 11) is 0.542. The van der Waals surface area contributed by atoms with Crippen LogP contribution in [0.25, 0.3) is 10.8 Å². The van der Waals surface area contributed by atoms with Gasteiger partial charge in [-0.15, -0.1) is 0 Å². The zero-order valence-electron chi connectivity index (χ0n) is 77.2. The van der Waals surface area contributed by atoms with Gasteiger partial charge in [0.2, 0.25) is 63.9 Å². The topological polar surface area (TPSA) is 468 Å². The maximum atomic E-state index is 14.5. The fourth-order valence-electron chi connectivity index (χ4n) is 15.5. The summed E-state index contributed by atoms with van der Waals surface area (Å²) in [5.74, 6) is -4.95. The lowest BCUT2D eigenvalue weighted by molar-refractivity contribution is -0.122. The van der Waals surface area contributed by atoms with Crippen LogP contribution in [0.2, 0.25) is 0 Å². The summed E-state index contributed by atoms with van der Waals surface area (Å²) in [5.41, 5.74) is 3.19. The molecule has 0 saturated carbocycles. The van der Waals surface area contributed by atoms with Gasteiger partial charge in [0.15, 0.2) is 23.3 Å². The second kappa shape index (κ2) is 42.3. The van der Waals surface area contributed by atoms with Crippen LogP contribution in [0.5, 0.6) is 0 Å². The van der Waals surface area contributed by atoms with Crippen LogP contribution in [-0.2, 0) is 59.3 Å². The smallest absolute Gasteiger partial charge is 0.395 e. The molecule has 4 atom stereocenters. The number of anilines is 16. The summed E-state index contributed by atoms with van der Waals surface area (Å²) in [5, 5.41) is 28.0. The van der Waals surface area contributed by atoms with Crippen LogP contribution in [-0.4, -0.2) is 217 Å². The van der Waals surface area contributed by atoms with Crippen LogP contribution in [0.1, 0.15) is 46.4 Å². The number of carbonyl (C=O) groups is 4. The number of hydrogen-bond donors (Lipinski definition) is 9. The number of aromatic nitrogens is 8. The van der Waals surface area contributed by atoms with Gasteiger partial charge in [-0.1, -0.05) is 54.6 Å². The third kappa shape index (κ3) is 22.9. The van der Waals surface area contributed by atoms with Gasteiger partial charge in [-0.05, 0) is 170 Å². The molecule has 13 aromatic rings. The van der Waals surface area contributed by atoms with Crippen molar-refractivity contribution >= 4 is 167 Å². The number of aliphatic hydroxyl groups excluding tert-OH is 1. The molecule has 4 unspecified atom stereocenters. The van der Waals surface area contributed by atoms with Crippen LogP contribution in [0.4, 0.5) is 132 Å². The molecule has 51 heteroatoms. The van der Waals surface area contributed by atoms with E-state index in [2.05, 4.69) is 70.6 Å². The predicted octanol–water partition coefficient (Wildman–Crippen LogP) is 11.1. The van der Waals surface area contributed by atoms with Crippen LogP contribution in [0.15, 0.2) is 238 Å². The molecule has 4 aliphatic rings. The molecule has 0 fully saturated rings. The van der Waals surface area contributed by atoms with Crippen molar-refractivity contribution in [3.8, 4) is 0 Å². The van der Waals surface area contributed by atoms with Gasteiger partial charge in [0.05, 0.1) is 67.7 Å². The molecular weight excluding hydrogens is 1960 g/mol. The van der Waals surface area contributed by atoms with Crippen LogP contribution >= 0.6 is 0 Å². The highest BCUT2D eigenvalue weighted by atomic mass is 32.2. The molecule has 0 bridgehead atoms. The lowest BCUT2D eigenvalue weighted by Crippen LogP contribution is -2.46. The molecular formula is C92H90F9N25O13S4. The van der Waals surface area contributed by atoms with Gasteiger partial charge in [-0.25, -0.2) is 99.3 Å². The van der Waals surface area contributed by atoms with E-state index >= 15 is 0 Å². The molecule has 0 aliphatic carbocycles. The second-order valence-electron chi connectivity index (χ2n) is 32.7. The average molecular weight is 2050 g/mol. The van der Waals surface area contributed by atoms with Crippen molar-refractivity contribution < 1.29 is 97.5 Å². The molecule has 748 valence electrons. The normalized spacial score (nSPS) is 15.9. The summed E-state index contributed by atoms with van der Waals surface area (Å²) in [6, 6.07) is 42.3. The first-order valence-corrected chi connectivity index (χ1v) is 48.8. The molecule has 9 aromatic carbocycles. The van der Waals surface area contributed by atoms with E-state index in [1.54, 1.807) is 42.4 Å². The Labute approximate surface area is 813 Å². The Balaban J connectivity index is 0.000000151. The number of carbonyl (C=O) groups excluding carboxylic acids is 4. The summed E-state index contributed by atoms with van der Waals surface area (Å²) < 4.78 is 227. The van der Waals surface area contributed by atoms with Crippen molar-refractivity contribution in [3.05, 3.63) is 276 Å². The van der Waals surface area contributed by atoms with Gasteiger partial charge in [0, 0.05) is 98.8 Å². The SMILES string of the molecule is CN(C)CCNS(=O)(=O)c1ccc(Nc2ncc3c(n2)N(C)C(c2c(F)cccc2F)C(=O)N3C)cc1.CN1C(=O)C(c2c(F)cccc2F)N(C)c2nc(Nc3ccc(S(=O)(=O)NCC(F)(F)F)cc3)ncc21.CN1C(=O)C(c2c(F)cccc2F)N(C)c2nc(Nc3ccc(S(=O)(=O)NCCO)cc3)ncc21.CN1C(=O)C(c2ccc3ccccc3c2)N(C)c2nc(Nc3ccc(S(N)(=O)=O)cc3)ncc21. The predicted molar refractivity (Wildman–Crippen MR) is 517 cm³/mol. The molecule has 0 radical (unpaired) electrons. The van der Waals surface area contributed by atoms with Gasteiger partial charge in [0.25, 0.3) is 23.6 Å². The Kier molecular flexibility index (Phi) is 30.6. The lowest BCUT2D eigenvalue weighted by atomic mass is 9.98. The molecule has 4 amide bonds. The number of benzene rings is 9. The number of nitrogens with one attached hydrogen (secondary N) is 7. The highest BCUT2D eigenvalue weighted by molar-refractivity contribution is 7.90. The zero-order chi connectivity index (χ0) is 103. The maximum absolute atomic E-state index is 14.5. The van der Waals surface area contributed by atoms with Crippen molar-refractivity contribution in [2.45, 2.75) is 49.9 Å². The number of nitrogens with two attached hydrogens (primary N) is 1. The number of primary sulfonamides is 1. The average Bonchev–Trinajstić information content (AvgIpc) is 0.758. The van der Waals surface area contributed by atoms with Gasteiger partial charge in [-0.3, -0.25) is 19.2 Å². The van der Waals surface area contributed by atoms with Gasteiger partial charge >= 0.3 is 6.18 Å². The van der Waals surface area contributed by atoms with Crippen LogP contribution in [0.3, 0.4) is 0 Å². The Morgan fingerprint density at radius 3 is 0.937 bits per heavy atom. The molecule has 8 heterocycles. The molecule has 4 aliphatic heterocycles. The minimum atomic E-state index is -4.71. The second-order valence-corrected chi connectivity index (χ2v) is 39.5. The summed E-state index contributed by atoms with van der Waals surface area (Å²) >= 11 is 0. The van der Waals surface area contributed by atoms with E-state index in [1.807, 2.05) is 73.4 Å². The Bertz CT molecular complexity index is 7460. The van der Waals surface area contributed by atoms with Crippen molar-refractivity contribution in [2.75, 3.05) is 164 Å². The van der Waals surface area contributed by atoms with E-state index < -0.39 is 135 Å². The quantitative estimate of drug-likeness (QED) is 0.0240. The van der Waals surface area contributed by atoms with Crippen molar-refractivity contribution in [3.63, 3.8) is 0 Å². The fraction of sp³-hybridized carbons (Fsp3) is 0.217. The van der Waals surface area contributed by atoms with E-state index in [9.17, 15) is 92.4 Å². The lowest BCUT2D eigenvalue weighted by Gasteiger charge is -2.38. The zero-order valence-corrected chi connectivity index (χ0v) is 80.5. The number of rotatable bonds is 25. The molecule has 143 heavy (non-hydrogen) atoms. The highest BCUT2D eigenvalue weighted by Gasteiger charge is 2.45. The minimum absolute atomic E-state index is 0.00640. The number of hydrogen-bond acceptors (Lipinski definition) is 30. The number of halogens is 9. The monoisotopic (exact) mass is 2050 g/mol. The number of aliphatic hydroxyl groups is 1. The van der Waals surface area contributed by atoms with E-state index in [0.29, 0.717) is 58.1 Å². The molecule has 17 rings (SSSR count). The summed E-state index contributed by atoms with van der Waals surface area (Å²) in [6.07, 6.45) is 1.05. The summed E-state index contributed by atoms with van der Waals surface area (Å²) in [6.45, 7) is -1.29. The third-order valence-electron chi connectivity index (χ3n) is 22.9. The van der Waals surface area contributed by atoms with Crippen LogP contribution < -0.4 is 79.8 Å². The van der Waals surface area contributed by atoms with E-state index in [0.717, 1.165) is 64.9 Å². The largest absolute Gasteiger partial charge is 0.402 e. The van der Waals surface area contributed by atoms with Gasteiger partial charge in [0.1, 0.15) is 88.4 Å². The van der Waals surface area contributed by atoms with Crippen molar-refractivity contribution in [1.82, 2.24) is 58.9 Å². The maximum Gasteiger partial charge on any atom is 0.402 e. The van der Waals surface area contributed by atoms with Crippen LogP contribution in [0, 0.1) is 34.9 Å². The van der Waals surface area contributed by atoms with Gasteiger partial charge in [-0.2, -0.15) is 33.1 Å². The highest BCUT2D eigenvalue weighted by Crippen LogP contribution is 2.46. The fourth-order valence-corrected chi connectivity index (χ4v) is 19.0. The number of sulfonamides is 4. The summed E-state index contributed by atoms with van der Waals surface area (Å²) in [4.78, 5) is 99.8. The number of likely N-dealkylation sites (N-methyl/N-ethyl adjacent to an activating group) is 9. The Morgan fingerprint density at radius 1 is 0.364 bits per heavy atom. The molecule has 38 nitrogen and oxygen atoms in total. The van der Waals surface area contributed by atoms with E-state index in [-0.39, 0.29) is 97.3 Å². The first-order valence-electron chi connectivity index (χ1n) is 42.8. The molecule has 0 spiro atoms. The van der Waals surface area contributed by atoms with Crippen molar-refractivity contribution in [2.24, 2.45) is 5.14 Å². The first kappa shape index (κ1) is 104. The van der Waals surface area contributed by atoms with Gasteiger partial charge < -0.3 is 70.5 Å². The molecule has 4 aromatic heterocycles. The first-order chi connectivity index (χ1) is 67.6. The number of fused-ring (bicyclic) bond motifs is 5. The number of alkyl halides is 3. The third-order valence-corrected chi connectivity index (χ3v) is 28.2. The standard InChI is InChI=1S/C24H27F2N7O3S.C24H22N6O3S.C22H19F5N6O3S.C22H22F2N6O4S/c1-31(2)13-12-28-37(35,36)16-10-8-15(9-11-16)29-24-27-14-19-22(30-24)33(4)21(23(34)32(19)3)20-17(25)6-5-7-18(20)26;1-29-20-14-26-24(27-18-9-11-19(12-10-18)34(25,32)33)28-22(20)30(2)21(23(29)31)17-8-7-15-5-3-4-6-16(15)13-17;1-32-16-10-28-21(30-12-6-8-13(9-7-12)37(35,36)29-11-22(25,26)27)31-19(16)33(2)18(20(32)34)17-14(23)4-3-5-15(17)24;1-29-17-12-25-22(27-13-6-8-14(9-7-13)35(33,34)26-10-11-31)28-20(17)30(2)19(21(29)32)18-15(23)4-3-5-16(18)24/h5-11,14,21,28H,12-13H2,1-4H3,(H,27,29,30);3-14,21H,1-2H3,(H2,25,32,33)(H,26,27,28);3-10,18,29H,11H2,1-2H3,(H,28,30,31);3-9,12,19,26,31H,10-11H2,1-2H3,(H,25,27,28). The Morgan fingerprint density at radius 2 is 0.643 bits per heavy atom. The number of amides is 4. The minimum Gasteiger partial charge on any atom is -0.395 e. The van der Waals surface area contributed by atoms with Crippen molar-refractivity contribution in [1.29, 1.82) is 0 Å². The van der Waals surface area contributed by atoms with E-state index in [4.69, 9.17) is 10.2 Å². The van der Waals surface area contributed by atoms with E-state index in [1.165, 1.54) is 174 Å². The Hall–Kier alpha value is -15.2. The number of nitrogens with zero attached hydrogens (tertiary/aromatic N) is 17.